The Labute approximate surface area is 359 Å². The average molecular weight is 809 g/mol. The number of nitro benzene ring substituents is 1. The highest BCUT2D eigenvalue weighted by Crippen LogP contribution is 2.44. The number of hydrogen-bond acceptors (Lipinski definition) is 7. The summed E-state index contributed by atoms with van der Waals surface area (Å²) in [5.41, 5.74) is 9.79. The molecule has 0 aliphatic heterocycles. The van der Waals surface area contributed by atoms with E-state index in [2.05, 4.69) is 107 Å². The monoisotopic (exact) mass is 808 g/mol. The number of para-hydroxylation sites is 4. The van der Waals surface area contributed by atoms with Gasteiger partial charge in [-0.25, -0.2) is 0 Å². The molecule has 0 spiro atoms. The lowest BCUT2D eigenvalue weighted by atomic mass is 9.96. The zero-order valence-corrected chi connectivity index (χ0v) is 33.5. The highest BCUT2D eigenvalue weighted by Gasteiger charge is 2.24. The third-order valence-electron chi connectivity index (χ3n) is 10.7. The molecule has 8 nitrogen and oxygen atoms in total. The first-order valence-corrected chi connectivity index (χ1v) is 20.1. The van der Waals surface area contributed by atoms with E-state index < -0.39 is 0 Å². The van der Waals surface area contributed by atoms with Crippen LogP contribution in [0.4, 0.5) is 39.8 Å². The van der Waals surface area contributed by atoms with Crippen molar-refractivity contribution in [3.05, 3.63) is 239 Å². The molecule has 300 valence electrons. The number of hydrogen-bond donors (Lipinski definition) is 1. The maximum atomic E-state index is 12.8. The van der Waals surface area contributed by atoms with Crippen LogP contribution in [0.3, 0.4) is 0 Å². The molecule has 0 saturated heterocycles. The first-order chi connectivity index (χ1) is 30.5. The SMILES string of the molecule is NOOc1c2cc(C=Cc3ccc(N(c4ccccc4)c4ccccc4)cc3)ccc2c([N+](=O)[O-])c2cc(C=Cc3ccc(N(c4ccccc4)c4ccccc4)cc3)ccc12. The summed E-state index contributed by atoms with van der Waals surface area (Å²) in [6, 6.07) is 68.5. The Balaban J connectivity index is 0.999. The molecule has 2 N–H and O–H groups in total. The zero-order valence-electron chi connectivity index (χ0n) is 33.5. The van der Waals surface area contributed by atoms with Crippen molar-refractivity contribution in [3.8, 4) is 5.75 Å². The summed E-state index contributed by atoms with van der Waals surface area (Å²) in [5, 5.41) is 14.6. The maximum Gasteiger partial charge on any atom is 0.285 e. The smallest absolute Gasteiger partial charge is 0.285 e. The second kappa shape index (κ2) is 17.9. The summed E-state index contributed by atoms with van der Waals surface area (Å²) in [4.78, 5) is 27.1. The lowest BCUT2D eigenvalue weighted by molar-refractivity contribution is -0.381. The molecular weight excluding hydrogens is 769 g/mol. The van der Waals surface area contributed by atoms with Gasteiger partial charge in [0, 0.05) is 44.9 Å². The van der Waals surface area contributed by atoms with Crippen LogP contribution in [0.5, 0.6) is 5.75 Å². The molecule has 0 heterocycles. The minimum atomic E-state index is -0.347. The molecule has 0 bridgehead atoms. The molecule has 0 amide bonds. The van der Waals surface area contributed by atoms with Gasteiger partial charge in [0.15, 0.2) is 5.75 Å². The Morgan fingerprint density at radius 2 is 0.742 bits per heavy atom. The van der Waals surface area contributed by atoms with Crippen molar-refractivity contribution in [2.45, 2.75) is 0 Å². The third-order valence-corrected chi connectivity index (χ3v) is 10.7. The van der Waals surface area contributed by atoms with Crippen LogP contribution in [0.2, 0.25) is 0 Å². The van der Waals surface area contributed by atoms with Crippen molar-refractivity contribution in [3.63, 3.8) is 0 Å². The number of non-ortho nitro benzene ring substituents is 1. The third kappa shape index (κ3) is 8.28. The van der Waals surface area contributed by atoms with E-state index in [4.69, 9.17) is 15.8 Å². The van der Waals surface area contributed by atoms with Gasteiger partial charge >= 0.3 is 0 Å². The van der Waals surface area contributed by atoms with Crippen molar-refractivity contribution in [2.75, 3.05) is 9.80 Å². The molecule has 9 aromatic carbocycles. The maximum absolute atomic E-state index is 12.8. The molecule has 0 atom stereocenters. The summed E-state index contributed by atoms with van der Waals surface area (Å²) in [7, 11) is 0. The number of nitrogens with two attached hydrogens (primary N) is 1. The van der Waals surface area contributed by atoms with Gasteiger partial charge in [0.25, 0.3) is 5.69 Å². The predicted molar refractivity (Wildman–Crippen MR) is 254 cm³/mol. The number of rotatable bonds is 13. The minimum Gasteiger partial charge on any atom is -0.318 e. The number of benzene rings is 9. The van der Waals surface area contributed by atoms with Crippen molar-refractivity contribution in [1.29, 1.82) is 0 Å². The van der Waals surface area contributed by atoms with Gasteiger partial charge < -0.3 is 14.7 Å². The van der Waals surface area contributed by atoms with Crippen LogP contribution in [0.1, 0.15) is 22.3 Å². The van der Waals surface area contributed by atoms with Gasteiger partial charge in [-0.05, 0) is 119 Å². The molecule has 0 radical (unpaired) electrons. The number of anilines is 6. The average Bonchev–Trinajstić information content (AvgIpc) is 3.32. The zero-order chi connectivity index (χ0) is 42.3. The Bertz CT molecular complexity index is 2950. The Hall–Kier alpha value is -8.30. The molecule has 0 fully saturated rings. The quantitative estimate of drug-likeness (QED) is 0.0407. The van der Waals surface area contributed by atoms with Crippen LogP contribution in [0.25, 0.3) is 45.8 Å². The summed E-state index contributed by atoms with van der Waals surface area (Å²) < 4.78 is 0. The van der Waals surface area contributed by atoms with Crippen LogP contribution >= 0.6 is 0 Å². The van der Waals surface area contributed by atoms with Gasteiger partial charge in [0.1, 0.15) is 0 Å². The number of fused-ring (bicyclic) bond motifs is 2. The Morgan fingerprint density at radius 1 is 0.403 bits per heavy atom. The molecule has 0 aliphatic rings. The standard InChI is InChI=1S/C54H40N4O4/c55-62-61-54-50-36-30-41(23-21-39-25-31-47(32-26-39)56(43-13-5-1-6-14-43)44-15-7-2-8-16-44)37-51(50)53(58(59)60)49-35-29-42(38-52(49)54)24-22-40-27-33-48(34-28-40)57(45-17-9-3-10-18-45)46-19-11-4-12-20-46/h1-38H,55H2. The van der Waals surface area contributed by atoms with Gasteiger partial charge in [0.05, 0.1) is 15.7 Å². The molecule has 62 heavy (non-hydrogen) atoms. The number of nitro groups is 1. The van der Waals surface area contributed by atoms with E-state index in [1.165, 1.54) is 0 Å². The highest BCUT2D eigenvalue weighted by molar-refractivity contribution is 6.14. The summed E-state index contributed by atoms with van der Waals surface area (Å²) in [5.74, 6) is 5.76. The second-order valence-corrected chi connectivity index (χ2v) is 14.6. The fourth-order valence-corrected chi connectivity index (χ4v) is 7.80. The highest BCUT2D eigenvalue weighted by atomic mass is 17.3. The van der Waals surface area contributed by atoms with Gasteiger partial charge in [-0.1, -0.05) is 138 Å². The van der Waals surface area contributed by atoms with E-state index in [9.17, 15) is 10.1 Å². The van der Waals surface area contributed by atoms with Crippen LogP contribution in [-0.4, -0.2) is 4.92 Å². The molecule has 0 saturated carbocycles. The molecule has 9 aromatic rings. The van der Waals surface area contributed by atoms with Crippen LogP contribution < -0.4 is 20.6 Å². The van der Waals surface area contributed by atoms with Gasteiger partial charge in [-0.2, -0.15) is 5.90 Å². The molecule has 0 unspecified atom stereocenters. The van der Waals surface area contributed by atoms with E-state index >= 15 is 0 Å². The lowest BCUT2D eigenvalue weighted by Crippen LogP contribution is -2.09. The normalized spacial score (nSPS) is 11.4. The topological polar surface area (TPSA) is 94.1 Å². The summed E-state index contributed by atoms with van der Waals surface area (Å²) >= 11 is 0. The van der Waals surface area contributed by atoms with E-state index in [0.29, 0.717) is 21.5 Å². The molecule has 8 heteroatoms. The van der Waals surface area contributed by atoms with E-state index in [1.54, 1.807) is 18.2 Å². The minimum absolute atomic E-state index is 0.0339. The molecule has 0 aliphatic carbocycles. The van der Waals surface area contributed by atoms with Crippen LogP contribution in [0, 0.1) is 10.1 Å². The Kier molecular flexibility index (Phi) is 11.3. The molecular formula is C54H40N4O4. The fraction of sp³-hybridized carbons (Fsp3) is 0. The van der Waals surface area contributed by atoms with Crippen LogP contribution in [-0.2, 0) is 4.99 Å². The van der Waals surface area contributed by atoms with E-state index in [1.807, 2.05) is 115 Å². The molecule has 0 aromatic heterocycles. The largest absolute Gasteiger partial charge is 0.318 e. The predicted octanol–water partition coefficient (Wildman–Crippen LogP) is 14.4. The fourth-order valence-electron chi connectivity index (χ4n) is 7.80. The first kappa shape index (κ1) is 39.2. The van der Waals surface area contributed by atoms with E-state index in [-0.39, 0.29) is 16.4 Å². The van der Waals surface area contributed by atoms with Crippen molar-refractivity contribution < 1.29 is 14.8 Å². The summed E-state index contributed by atoms with van der Waals surface area (Å²) in [6.07, 6.45) is 7.90. The van der Waals surface area contributed by atoms with Gasteiger partial charge in [0.2, 0.25) is 0 Å². The van der Waals surface area contributed by atoms with Gasteiger partial charge in [-0.3, -0.25) is 10.1 Å². The second-order valence-electron chi connectivity index (χ2n) is 14.6. The Morgan fingerprint density at radius 3 is 1.13 bits per heavy atom. The molecule has 9 rings (SSSR count). The van der Waals surface area contributed by atoms with Crippen LogP contribution in [0.15, 0.2) is 206 Å². The first-order valence-electron chi connectivity index (χ1n) is 20.1. The summed E-state index contributed by atoms with van der Waals surface area (Å²) in [6.45, 7) is 0. The van der Waals surface area contributed by atoms with Crippen molar-refractivity contribution >= 4 is 85.7 Å². The van der Waals surface area contributed by atoms with Gasteiger partial charge in [-0.15, -0.1) is 0 Å². The number of nitrogens with zero attached hydrogens (tertiary/aromatic N) is 3. The van der Waals surface area contributed by atoms with E-state index in [0.717, 1.165) is 56.4 Å². The van der Waals surface area contributed by atoms with Crippen molar-refractivity contribution in [1.82, 2.24) is 0 Å². The van der Waals surface area contributed by atoms with Crippen molar-refractivity contribution in [2.24, 2.45) is 5.90 Å². The lowest BCUT2D eigenvalue weighted by Gasteiger charge is -2.25.